The van der Waals surface area contributed by atoms with Crippen LogP contribution in [-0.4, -0.2) is 19.3 Å². The van der Waals surface area contributed by atoms with Gasteiger partial charge >= 0.3 is 0 Å². The molecule has 1 fully saturated rings. The van der Waals surface area contributed by atoms with Gasteiger partial charge in [0.05, 0.1) is 6.10 Å². The molecule has 2 heteroatoms. The Labute approximate surface area is 117 Å². The standard InChI is InChI=1S/C17H27NO/c1-5-9-18-17(16-8-10-19-14(16)4)15-7-6-12(2)13(3)11-15/h6-7,11,14,16-18H,5,8-10H2,1-4H3. The first-order chi connectivity index (χ1) is 9.13. The van der Waals surface area contributed by atoms with Crippen LogP contribution in [0.15, 0.2) is 18.2 Å². The average molecular weight is 261 g/mol. The van der Waals surface area contributed by atoms with Crippen LogP contribution in [0.25, 0.3) is 0 Å². The molecule has 2 rings (SSSR count). The average Bonchev–Trinajstić information content (AvgIpc) is 2.80. The third kappa shape index (κ3) is 3.37. The van der Waals surface area contributed by atoms with Crippen LogP contribution in [0, 0.1) is 19.8 Å². The van der Waals surface area contributed by atoms with Crippen LogP contribution in [0.1, 0.15) is 49.4 Å². The molecule has 3 unspecified atom stereocenters. The topological polar surface area (TPSA) is 21.3 Å². The van der Waals surface area contributed by atoms with Gasteiger partial charge in [-0.15, -0.1) is 0 Å². The SMILES string of the molecule is CCCNC(c1ccc(C)c(C)c1)C1CCOC1C. The third-order valence-corrected chi connectivity index (χ3v) is 4.37. The van der Waals surface area contributed by atoms with E-state index in [1.807, 2.05) is 0 Å². The van der Waals surface area contributed by atoms with Gasteiger partial charge in [0.15, 0.2) is 0 Å². The Balaban J connectivity index is 2.22. The Kier molecular flexibility index (Phi) is 5.00. The Bertz CT molecular complexity index is 416. The van der Waals surface area contributed by atoms with Gasteiger partial charge in [-0.2, -0.15) is 0 Å². The highest BCUT2D eigenvalue weighted by atomic mass is 16.5. The second-order valence-electron chi connectivity index (χ2n) is 5.80. The largest absolute Gasteiger partial charge is 0.378 e. The molecular weight excluding hydrogens is 234 g/mol. The summed E-state index contributed by atoms with van der Waals surface area (Å²) in [5.74, 6) is 0.591. The van der Waals surface area contributed by atoms with Crippen molar-refractivity contribution in [3.63, 3.8) is 0 Å². The lowest BCUT2D eigenvalue weighted by Gasteiger charge is -2.28. The van der Waals surface area contributed by atoms with Gasteiger partial charge in [-0.1, -0.05) is 25.1 Å². The number of hydrogen-bond donors (Lipinski definition) is 1. The summed E-state index contributed by atoms with van der Waals surface area (Å²) >= 11 is 0. The van der Waals surface area contributed by atoms with E-state index in [-0.39, 0.29) is 0 Å². The molecule has 1 aliphatic heterocycles. The predicted molar refractivity (Wildman–Crippen MR) is 80.5 cm³/mol. The van der Waals surface area contributed by atoms with Crippen LogP contribution in [0.2, 0.25) is 0 Å². The van der Waals surface area contributed by atoms with Crippen molar-refractivity contribution < 1.29 is 4.74 Å². The second kappa shape index (κ2) is 6.53. The summed E-state index contributed by atoms with van der Waals surface area (Å²) in [6, 6.07) is 7.29. The Morgan fingerprint density at radius 1 is 1.32 bits per heavy atom. The van der Waals surface area contributed by atoms with Gasteiger partial charge in [0.2, 0.25) is 0 Å². The van der Waals surface area contributed by atoms with E-state index in [2.05, 4.69) is 51.2 Å². The summed E-state index contributed by atoms with van der Waals surface area (Å²) in [5, 5.41) is 3.72. The molecule has 1 heterocycles. The van der Waals surface area contributed by atoms with Gasteiger partial charge in [0, 0.05) is 18.6 Å². The monoisotopic (exact) mass is 261 g/mol. The Morgan fingerprint density at radius 3 is 2.68 bits per heavy atom. The number of ether oxygens (including phenoxy) is 1. The zero-order chi connectivity index (χ0) is 13.8. The molecule has 19 heavy (non-hydrogen) atoms. The van der Waals surface area contributed by atoms with Crippen LogP contribution < -0.4 is 5.32 Å². The zero-order valence-corrected chi connectivity index (χ0v) is 12.7. The van der Waals surface area contributed by atoms with Crippen LogP contribution in [0.4, 0.5) is 0 Å². The van der Waals surface area contributed by atoms with E-state index in [1.165, 1.54) is 23.1 Å². The maximum absolute atomic E-state index is 5.76. The highest BCUT2D eigenvalue weighted by Gasteiger charge is 2.32. The van der Waals surface area contributed by atoms with Crippen molar-refractivity contribution in [1.82, 2.24) is 5.32 Å². The Hall–Kier alpha value is -0.860. The minimum Gasteiger partial charge on any atom is -0.378 e. The number of hydrogen-bond acceptors (Lipinski definition) is 2. The van der Waals surface area contributed by atoms with E-state index in [9.17, 15) is 0 Å². The molecule has 1 aromatic carbocycles. The fraction of sp³-hybridized carbons (Fsp3) is 0.647. The van der Waals surface area contributed by atoms with Gasteiger partial charge in [-0.05, 0) is 56.8 Å². The maximum atomic E-state index is 5.76. The highest BCUT2D eigenvalue weighted by molar-refractivity contribution is 5.32. The van der Waals surface area contributed by atoms with Crippen molar-refractivity contribution in [2.24, 2.45) is 5.92 Å². The zero-order valence-electron chi connectivity index (χ0n) is 12.7. The van der Waals surface area contributed by atoms with Crippen molar-refractivity contribution >= 4 is 0 Å². The Morgan fingerprint density at radius 2 is 2.11 bits per heavy atom. The maximum Gasteiger partial charge on any atom is 0.0594 e. The molecule has 0 saturated carbocycles. The smallest absolute Gasteiger partial charge is 0.0594 e. The van der Waals surface area contributed by atoms with Crippen molar-refractivity contribution in [2.45, 2.75) is 52.7 Å². The van der Waals surface area contributed by atoms with Crippen LogP contribution in [0.5, 0.6) is 0 Å². The normalized spacial score (nSPS) is 24.6. The number of benzene rings is 1. The lowest BCUT2D eigenvalue weighted by atomic mass is 9.87. The highest BCUT2D eigenvalue weighted by Crippen LogP contribution is 2.33. The summed E-state index contributed by atoms with van der Waals surface area (Å²) in [7, 11) is 0. The second-order valence-corrected chi connectivity index (χ2v) is 5.80. The van der Waals surface area contributed by atoms with E-state index in [0.717, 1.165) is 19.6 Å². The lowest BCUT2D eigenvalue weighted by molar-refractivity contribution is 0.0953. The minimum atomic E-state index is 0.357. The molecule has 1 saturated heterocycles. The van der Waals surface area contributed by atoms with Gasteiger partial charge < -0.3 is 10.1 Å². The van der Waals surface area contributed by atoms with E-state index in [0.29, 0.717) is 18.1 Å². The van der Waals surface area contributed by atoms with Gasteiger partial charge in [-0.25, -0.2) is 0 Å². The summed E-state index contributed by atoms with van der Waals surface area (Å²) in [6.45, 7) is 10.8. The summed E-state index contributed by atoms with van der Waals surface area (Å²) in [4.78, 5) is 0. The summed E-state index contributed by atoms with van der Waals surface area (Å²) in [6.07, 6.45) is 2.69. The number of rotatable bonds is 5. The number of aryl methyl sites for hydroxylation is 2. The molecule has 0 radical (unpaired) electrons. The summed E-state index contributed by atoms with van der Waals surface area (Å²) in [5.41, 5.74) is 4.17. The van der Waals surface area contributed by atoms with Gasteiger partial charge in [0.25, 0.3) is 0 Å². The predicted octanol–water partition coefficient (Wildman–Crippen LogP) is 3.77. The molecular formula is C17H27NO. The first-order valence-corrected chi connectivity index (χ1v) is 7.55. The van der Waals surface area contributed by atoms with Crippen LogP contribution in [0.3, 0.4) is 0 Å². The fourth-order valence-corrected chi connectivity index (χ4v) is 2.96. The van der Waals surface area contributed by atoms with Crippen molar-refractivity contribution in [1.29, 1.82) is 0 Å². The molecule has 1 aromatic rings. The van der Waals surface area contributed by atoms with Crippen molar-refractivity contribution in [3.8, 4) is 0 Å². The van der Waals surface area contributed by atoms with Gasteiger partial charge in [-0.3, -0.25) is 0 Å². The molecule has 0 spiro atoms. The summed E-state index contributed by atoms with van der Waals surface area (Å²) < 4.78 is 5.76. The molecule has 0 amide bonds. The van der Waals surface area contributed by atoms with Crippen LogP contribution in [-0.2, 0) is 4.74 Å². The fourth-order valence-electron chi connectivity index (χ4n) is 2.96. The van der Waals surface area contributed by atoms with E-state index < -0.39 is 0 Å². The molecule has 106 valence electrons. The first kappa shape index (κ1) is 14.5. The van der Waals surface area contributed by atoms with E-state index >= 15 is 0 Å². The molecule has 1 aliphatic rings. The van der Waals surface area contributed by atoms with Crippen molar-refractivity contribution in [3.05, 3.63) is 34.9 Å². The van der Waals surface area contributed by atoms with E-state index in [4.69, 9.17) is 4.74 Å². The quantitative estimate of drug-likeness (QED) is 0.871. The number of nitrogens with one attached hydrogen (secondary N) is 1. The molecule has 0 aromatic heterocycles. The molecule has 1 N–H and O–H groups in total. The molecule has 0 bridgehead atoms. The lowest BCUT2D eigenvalue weighted by Crippen LogP contribution is -2.32. The van der Waals surface area contributed by atoms with Crippen LogP contribution >= 0.6 is 0 Å². The van der Waals surface area contributed by atoms with Crippen molar-refractivity contribution in [2.75, 3.05) is 13.2 Å². The van der Waals surface area contributed by atoms with E-state index in [1.54, 1.807) is 0 Å². The molecule has 2 nitrogen and oxygen atoms in total. The minimum absolute atomic E-state index is 0.357. The third-order valence-electron chi connectivity index (χ3n) is 4.37. The first-order valence-electron chi connectivity index (χ1n) is 7.55. The molecule has 3 atom stereocenters. The molecule has 0 aliphatic carbocycles. The van der Waals surface area contributed by atoms with Gasteiger partial charge in [0.1, 0.15) is 0 Å².